The molecule has 0 saturated carbocycles. The quantitative estimate of drug-likeness (QED) is 0.0416. The van der Waals surface area contributed by atoms with Gasteiger partial charge in [0, 0.05) is 135 Å². The number of halogens is 4. The van der Waals surface area contributed by atoms with Gasteiger partial charge in [-0.2, -0.15) is 20.4 Å². The highest BCUT2D eigenvalue weighted by Gasteiger charge is 2.27. The molecule has 38 heteroatoms. The predicted octanol–water partition coefficient (Wildman–Crippen LogP) is 12.5. The van der Waals surface area contributed by atoms with Crippen molar-refractivity contribution < 1.29 is 28.7 Å². The van der Waals surface area contributed by atoms with Gasteiger partial charge in [0.2, 0.25) is 5.91 Å². The van der Waals surface area contributed by atoms with Crippen LogP contribution in [0.5, 0.6) is 0 Å². The minimum Gasteiger partial charge on any atom is -0.465 e. The van der Waals surface area contributed by atoms with Crippen LogP contribution in [-0.2, 0) is 44.1 Å². The zero-order chi connectivity index (χ0) is 86.3. The number of anilines is 5. The molecule has 12 heterocycles. The Bertz CT molecular complexity index is 6980. The van der Waals surface area contributed by atoms with E-state index in [2.05, 4.69) is 91.2 Å². The number of nitrogens with zero attached hydrogens (tertiary/aromatic N) is 20. The van der Waals surface area contributed by atoms with Crippen LogP contribution in [0, 0.1) is 0 Å². The number of fused-ring (bicyclic) bond motifs is 4. The lowest BCUT2D eigenvalue weighted by Crippen LogP contribution is -2.25. The third-order valence-electron chi connectivity index (χ3n) is 18.5. The maximum atomic E-state index is 12.9. The van der Waals surface area contributed by atoms with E-state index >= 15 is 0 Å². The van der Waals surface area contributed by atoms with Gasteiger partial charge in [-0.05, 0) is 122 Å². The molecule has 0 aliphatic heterocycles. The van der Waals surface area contributed by atoms with Crippen LogP contribution in [0.25, 0.3) is 134 Å². The first-order valence-corrected chi connectivity index (χ1v) is 38.4. The molecule has 4 amide bonds. The van der Waals surface area contributed by atoms with Gasteiger partial charge >= 0.3 is 5.97 Å². The number of nitrogen functional groups attached to an aromatic ring is 4. The van der Waals surface area contributed by atoms with E-state index in [1.807, 2.05) is 92.8 Å². The van der Waals surface area contributed by atoms with Crippen molar-refractivity contribution in [3.05, 3.63) is 243 Å². The molecule has 17 aromatic rings. The summed E-state index contributed by atoms with van der Waals surface area (Å²) >= 11 is 25.9. The third-order valence-corrected chi connectivity index (χ3v) is 19.6. The SMILES string of the molecule is CCNC(=O)c1nc(-c2cc(Cl)c3ncccc3c2)c(-c2ccn(C)n2)nc1N.CNC(=O)c1nc(-c2cc(Cl)c3ncccc3c2)c(-c2ccn(C)n2)nc1N.COC(=O)c1ccc(CC(=O)Nc2nc(-c3cc(Cl)c4ncccc4c3)c(-c3ccn(C)n3)nc2N)cc1.Cn1ccc(-c2nc(N)c(C(N)=O)nc2-c2cc(Cl)c3ncccc3c2)n1. The van der Waals surface area contributed by atoms with Crippen molar-refractivity contribution in [1.82, 2.24) is 110 Å². The second-order valence-electron chi connectivity index (χ2n) is 27.0. The highest BCUT2D eigenvalue weighted by atomic mass is 35.5. The monoisotopic (exact) mass is 1710 g/mol. The molecule has 610 valence electrons. The molecule has 17 rings (SSSR count). The highest BCUT2D eigenvalue weighted by molar-refractivity contribution is 6.37. The molecular weight excluding hydrogens is 1640 g/mol. The first-order chi connectivity index (χ1) is 58.7. The molecule has 34 nitrogen and oxygen atoms in total. The summed E-state index contributed by atoms with van der Waals surface area (Å²) < 4.78 is 11.3. The first-order valence-electron chi connectivity index (χ1n) is 36.9. The second kappa shape index (κ2) is 35.8. The Labute approximate surface area is 713 Å². The summed E-state index contributed by atoms with van der Waals surface area (Å²) in [5, 5.41) is 30.8. The molecule has 0 atom stereocenters. The molecule has 0 radical (unpaired) electrons. The maximum Gasteiger partial charge on any atom is 0.337 e. The fourth-order valence-electron chi connectivity index (χ4n) is 12.8. The summed E-state index contributed by atoms with van der Waals surface area (Å²) in [6, 6.07) is 43.2. The number of pyridine rings is 4. The average molecular weight is 1710 g/mol. The fraction of sp³-hybridized carbons (Fsp3) is 0.107. The maximum absolute atomic E-state index is 12.9. The van der Waals surface area contributed by atoms with Crippen molar-refractivity contribution in [3.8, 4) is 90.6 Å². The Morgan fingerprint density at radius 3 is 1.06 bits per heavy atom. The molecule has 122 heavy (non-hydrogen) atoms. The van der Waals surface area contributed by atoms with E-state index < -0.39 is 17.8 Å². The van der Waals surface area contributed by atoms with Crippen LogP contribution in [0.2, 0.25) is 20.1 Å². The van der Waals surface area contributed by atoms with E-state index in [0.717, 1.165) is 21.5 Å². The van der Waals surface area contributed by atoms with E-state index in [1.54, 1.807) is 156 Å². The number of benzene rings is 5. The van der Waals surface area contributed by atoms with Crippen LogP contribution in [0.3, 0.4) is 0 Å². The molecule has 0 saturated heterocycles. The largest absolute Gasteiger partial charge is 0.465 e. The zero-order valence-corrected chi connectivity index (χ0v) is 68.7. The van der Waals surface area contributed by atoms with E-state index in [4.69, 9.17) is 84.8 Å². The van der Waals surface area contributed by atoms with E-state index in [1.165, 1.54) is 14.2 Å². The van der Waals surface area contributed by atoms with Crippen molar-refractivity contribution in [2.24, 2.45) is 33.9 Å². The summed E-state index contributed by atoms with van der Waals surface area (Å²) in [5.41, 5.74) is 41.9. The average Bonchev–Trinajstić information content (AvgIpc) is 1.38. The van der Waals surface area contributed by atoms with Gasteiger partial charge in [-0.25, -0.2) is 44.7 Å². The summed E-state index contributed by atoms with van der Waals surface area (Å²) in [6.45, 7) is 2.27. The first kappa shape index (κ1) is 83.1. The van der Waals surface area contributed by atoms with E-state index in [9.17, 15) is 24.0 Å². The van der Waals surface area contributed by atoms with Gasteiger partial charge in [0.25, 0.3) is 17.7 Å². The van der Waals surface area contributed by atoms with Gasteiger partial charge < -0.3 is 49.4 Å². The van der Waals surface area contributed by atoms with Crippen molar-refractivity contribution >= 4 is 149 Å². The number of rotatable bonds is 16. The number of esters is 1. The van der Waals surface area contributed by atoms with Gasteiger partial charge in [0.15, 0.2) is 46.2 Å². The number of nitrogens with one attached hydrogen (secondary N) is 3. The van der Waals surface area contributed by atoms with E-state index in [-0.39, 0.29) is 64.4 Å². The minimum atomic E-state index is -0.762. The zero-order valence-electron chi connectivity index (χ0n) is 65.7. The lowest BCUT2D eigenvalue weighted by Gasteiger charge is -2.13. The number of aryl methyl sites for hydroxylation is 4. The lowest BCUT2D eigenvalue weighted by atomic mass is 10.0. The van der Waals surface area contributed by atoms with Crippen LogP contribution in [0.15, 0.2) is 195 Å². The number of amides is 4. The van der Waals surface area contributed by atoms with Crippen LogP contribution in [0.4, 0.5) is 29.1 Å². The number of carbonyl (C=O) groups is 5. The van der Waals surface area contributed by atoms with E-state index in [0.29, 0.717) is 150 Å². The smallest absolute Gasteiger partial charge is 0.337 e. The van der Waals surface area contributed by atoms with Crippen molar-refractivity contribution in [1.29, 1.82) is 0 Å². The molecule has 0 fully saturated rings. The molecule has 12 aromatic heterocycles. The minimum absolute atomic E-state index is 0.0253. The second-order valence-corrected chi connectivity index (χ2v) is 28.6. The number of aromatic nitrogens is 20. The van der Waals surface area contributed by atoms with Crippen molar-refractivity contribution in [2.75, 3.05) is 49.0 Å². The Morgan fingerprint density at radius 1 is 0.410 bits per heavy atom. The normalized spacial score (nSPS) is 11.0. The van der Waals surface area contributed by atoms with Crippen LogP contribution in [-0.4, -0.2) is 149 Å². The Morgan fingerprint density at radius 2 is 0.738 bits per heavy atom. The molecule has 0 spiro atoms. The number of nitrogens with two attached hydrogens (primary N) is 5. The molecule has 0 bridgehead atoms. The summed E-state index contributed by atoms with van der Waals surface area (Å²) in [4.78, 5) is 114. The Balaban J connectivity index is 0.000000134. The third kappa shape index (κ3) is 18.0. The molecule has 0 unspecified atom stereocenters. The number of carbonyl (C=O) groups excluding carboxylic acids is 5. The Kier molecular flexibility index (Phi) is 24.4. The summed E-state index contributed by atoms with van der Waals surface area (Å²) in [5.74, 6) is -2.22. The summed E-state index contributed by atoms with van der Waals surface area (Å²) in [6.07, 6.45) is 13.9. The summed E-state index contributed by atoms with van der Waals surface area (Å²) in [7, 11) is 10.0. The van der Waals surface area contributed by atoms with Gasteiger partial charge in [0.1, 0.15) is 51.2 Å². The number of methoxy groups -OCH3 is 1. The van der Waals surface area contributed by atoms with Gasteiger partial charge in [-0.1, -0.05) is 82.8 Å². The predicted molar refractivity (Wildman–Crippen MR) is 468 cm³/mol. The molecule has 0 aliphatic carbocycles. The highest BCUT2D eigenvalue weighted by Crippen LogP contribution is 2.40. The molecule has 0 aliphatic rings. The molecule has 5 aromatic carbocycles. The van der Waals surface area contributed by atoms with Crippen LogP contribution in [0.1, 0.15) is 54.3 Å². The fourth-order valence-corrected chi connectivity index (χ4v) is 13.9. The van der Waals surface area contributed by atoms with Gasteiger partial charge in [-0.3, -0.25) is 57.8 Å². The number of primary amides is 1. The number of ether oxygens (including phenoxy) is 1. The molecular formula is C84H70Cl4N28O6. The molecule has 13 N–H and O–H groups in total. The topological polar surface area (TPSA) is 487 Å². The standard InChI is InChI=1S/C27H22ClN7O3.C20H18ClN7O.C19H16ClN7O.C18H14ClN7O/c1-35-11-9-20(34-35)24-23(18-13-17-4-3-10-30-22(17)19(28)14-18)33-26(25(29)32-24)31-21(36)12-15-5-7-16(8-6-15)27(37)38-2;1-3-23-20(29)18-19(22)26-17(14-6-8-28(2)27-14)16(25-18)12-9-11-5-4-7-24-15(11)13(21)10-12;1-22-19(28)17-18(21)25-16(13-5-7-27(2)26-13)15(24-17)11-8-10-4-3-6-23-14(10)12(20)9-11;1-26-6-4-12(25-26)15-14(23-16(18(21)27)17(20)24-15)10-7-9-3-2-5-22-13(9)11(19)8-10/h3-11,13-14H,12H2,1-2H3,(H2,29,32)(H,31,33,36);4-10H,3H2,1-2H3,(H2,22,26)(H,23,29);3-9H,1-2H3,(H2,21,25)(H,22,28);2-8H,1H3,(H2,20,24)(H2,21,27). The lowest BCUT2D eigenvalue weighted by molar-refractivity contribution is -0.115. The van der Waals surface area contributed by atoms with Crippen molar-refractivity contribution in [2.45, 2.75) is 13.3 Å². The Hall–Kier alpha value is -15.4. The van der Waals surface area contributed by atoms with Gasteiger partial charge in [-0.15, -0.1) is 0 Å². The van der Waals surface area contributed by atoms with Gasteiger partial charge in [0.05, 0.1) is 78.3 Å². The van der Waals surface area contributed by atoms with Crippen LogP contribution < -0.4 is 44.6 Å². The van der Waals surface area contributed by atoms with Crippen molar-refractivity contribution in [3.63, 3.8) is 0 Å². The number of hydrogen-bond acceptors (Lipinski definition) is 26. The van der Waals surface area contributed by atoms with Crippen LogP contribution >= 0.6 is 46.4 Å². The number of hydrogen-bond donors (Lipinski definition) is 8.